The molecule has 0 aromatic rings. The van der Waals surface area contributed by atoms with Crippen LogP contribution in [0.4, 0.5) is 0 Å². The predicted octanol–water partition coefficient (Wildman–Crippen LogP) is 3.14. The molecule has 1 rings (SSSR count). The molecule has 1 heterocycles. The molecule has 0 aromatic carbocycles. The summed E-state index contributed by atoms with van der Waals surface area (Å²) in [6, 6.07) is 0. The lowest BCUT2D eigenvalue weighted by molar-refractivity contribution is 0.00984. The lowest BCUT2D eigenvalue weighted by Crippen LogP contribution is -2.18. The standard InChI is InChI=1S/C10H20O/c1-2-3-4-7-10-8-5-6-9-11-10/h10H,2-9H2,1H3. The Morgan fingerprint density at radius 2 is 2.18 bits per heavy atom. The van der Waals surface area contributed by atoms with Crippen LogP contribution in [-0.2, 0) is 4.74 Å². The summed E-state index contributed by atoms with van der Waals surface area (Å²) >= 11 is 0. The van der Waals surface area contributed by atoms with Gasteiger partial charge in [-0.15, -0.1) is 0 Å². The van der Waals surface area contributed by atoms with E-state index < -0.39 is 0 Å². The zero-order valence-corrected chi connectivity index (χ0v) is 7.64. The number of unbranched alkanes of at least 4 members (excludes halogenated alkanes) is 2. The second-order valence-electron chi connectivity index (χ2n) is 3.48. The molecule has 1 unspecified atom stereocenters. The predicted molar refractivity (Wildman–Crippen MR) is 47.7 cm³/mol. The first-order valence-electron chi connectivity index (χ1n) is 5.05. The van der Waals surface area contributed by atoms with Crippen molar-refractivity contribution in [1.29, 1.82) is 0 Å². The monoisotopic (exact) mass is 156 g/mol. The Balaban J connectivity index is 1.96. The highest BCUT2D eigenvalue weighted by molar-refractivity contribution is 4.63. The molecule has 0 N–H and O–H groups in total. The minimum atomic E-state index is 0.607. The zero-order valence-electron chi connectivity index (χ0n) is 7.64. The SMILES string of the molecule is CCCCCC1CCCCO1. The van der Waals surface area contributed by atoms with Crippen LogP contribution in [-0.4, -0.2) is 12.7 Å². The summed E-state index contributed by atoms with van der Waals surface area (Å²) in [5.41, 5.74) is 0. The molecule has 11 heavy (non-hydrogen) atoms. The molecule has 0 aromatic heterocycles. The summed E-state index contributed by atoms with van der Waals surface area (Å²) in [6.45, 7) is 3.26. The van der Waals surface area contributed by atoms with Crippen LogP contribution < -0.4 is 0 Å². The molecular formula is C10H20O. The lowest BCUT2D eigenvalue weighted by atomic mass is 10.0. The maximum atomic E-state index is 5.62. The van der Waals surface area contributed by atoms with Gasteiger partial charge in [-0.2, -0.15) is 0 Å². The third-order valence-electron chi connectivity index (χ3n) is 2.40. The maximum Gasteiger partial charge on any atom is 0.0575 e. The summed E-state index contributed by atoms with van der Waals surface area (Å²) in [5, 5.41) is 0. The number of rotatable bonds is 4. The van der Waals surface area contributed by atoms with Gasteiger partial charge in [0.2, 0.25) is 0 Å². The van der Waals surface area contributed by atoms with E-state index in [1.54, 1.807) is 0 Å². The van der Waals surface area contributed by atoms with Crippen LogP contribution in [0.15, 0.2) is 0 Å². The van der Waals surface area contributed by atoms with E-state index in [-0.39, 0.29) is 0 Å². The van der Waals surface area contributed by atoms with Crippen LogP contribution in [0.3, 0.4) is 0 Å². The summed E-state index contributed by atoms with van der Waals surface area (Å²) in [6.07, 6.45) is 9.95. The first-order chi connectivity index (χ1) is 5.43. The normalized spacial score (nSPS) is 25.4. The van der Waals surface area contributed by atoms with Crippen molar-refractivity contribution in [3.63, 3.8) is 0 Å². The largest absolute Gasteiger partial charge is 0.378 e. The van der Waals surface area contributed by atoms with Crippen molar-refractivity contribution in [3.8, 4) is 0 Å². The van der Waals surface area contributed by atoms with E-state index in [2.05, 4.69) is 6.92 Å². The molecule has 66 valence electrons. The highest BCUT2D eigenvalue weighted by Crippen LogP contribution is 2.17. The fourth-order valence-corrected chi connectivity index (χ4v) is 1.66. The summed E-state index contributed by atoms with van der Waals surface area (Å²) in [7, 11) is 0. The molecular weight excluding hydrogens is 136 g/mol. The Morgan fingerprint density at radius 3 is 2.82 bits per heavy atom. The Kier molecular flexibility index (Phi) is 4.60. The Morgan fingerprint density at radius 1 is 1.27 bits per heavy atom. The first-order valence-corrected chi connectivity index (χ1v) is 5.05. The molecule has 1 atom stereocenters. The molecule has 1 heteroatoms. The van der Waals surface area contributed by atoms with E-state index in [0.29, 0.717) is 6.10 Å². The third kappa shape index (κ3) is 3.76. The van der Waals surface area contributed by atoms with Gasteiger partial charge in [-0.25, -0.2) is 0 Å². The van der Waals surface area contributed by atoms with Gasteiger partial charge in [0.25, 0.3) is 0 Å². The van der Waals surface area contributed by atoms with Gasteiger partial charge < -0.3 is 4.74 Å². The fourth-order valence-electron chi connectivity index (χ4n) is 1.66. The molecule has 1 aliphatic rings. The molecule has 0 spiro atoms. The van der Waals surface area contributed by atoms with Crippen LogP contribution in [0.2, 0.25) is 0 Å². The zero-order chi connectivity index (χ0) is 7.94. The number of hydrogen-bond donors (Lipinski definition) is 0. The van der Waals surface area contributed by atoms with Crippen LogP contribution >= 0.6 is 0 Å². The molecule has 1 saturated heterocycles. The van der Waals surface area contributed by atoms with Gasteiger partial charge in [-0.05, 0) is 25.7 Å². The fraction of sp³-hybridized carbons (Fsp3) is 1.00. The summed E-state index contributed by atoms with van der Waals surface area (Å²) < 4.78 is 5.62. The smallest absolute Gasteiger partial charge is 0.0575 e. The Bertz CT molecular complexity index is 84.9. The van der Waals surface area contributed by atoms with Crippen molar-refractivity contribution < 1.29 is 4.74 Å². The van der Waals surface area contributed by atoms with Gasteiger partial charge in [0.1, 0.15) is 0 Å². The van der Waals surface area contributed by atoms with Crippen molar-refractivity contribution >= 4 is 0 Å². The molecule has 0 saturated carbocycles. The van der Waals surface area contributed by atoms with E-state index in [0.717, 1.165) is 6.61 Å². The van der Waals surface area contributed by atoms with E-state index in [9.17, 15) is 0 Å². The molecule has 0 amide bonds. The van der Waals surface area contributed by atoms with Crippen LogP contribution in [0.1, 0.15) is 51.9 Å². The Hall–Kier alpha value is -0.0400. The number of ether oxygens (including phenoxy) is 1. The van der Waals surface area contributed by atoms with E-state index in [4.69, 9.17) is 4.74 Å². The topological polar surface area (TPSA) is 9.23 Å². The van der Waals surface area contributed by atoms with E-state index >= 15 is 0 Å². The molecule has 1 nitrogen and oxygen atoms in total. The third-order valence-corrected chi connectivity index (χ3v) is 2.40. The van der Waals surface area contributed by atoms with Crippen molar-refractivity contribution in [2.24, 2.45) is 0 Å². The van der Waals surface area contributed by atoms with Gasteiger partial charge in [0.05, 0.1) is 6.10 Å². The molecule has 1 fully saturated rings. The highest BCUT2D eigenvalue weighted by atomic mass is 16.5. The second-order valence-corrected chi connectivity index (χ2v) is 3.48. The van der Waals surface area contributed by atoms with Gasteiger partial charge >= 0.3 is 0 Å². The molecule has 1 aliphatic heterocycles. The molecule has 0 aliphatic carbocycles. The van der Waals surface area contributed by atoms with Crippen molar-refractivity contribution in [1.82, 2.24) is 0 Å². The molecule has 0 radical (unpaired) electrons. The van der Waals surface area contributed by atoms with Gasteiger partial charge in [-0.1, -0.05) is 26.2 Å². The first kappa shape index (κ1) is 9.05. The van der Waals surface area contributed by atoms with Gasteiger partial charge in [0.15, 0.2) is 0 Å². The van der Waals surface area contributed by atoms with E-state index in [1.165, 1.54) is 44.9 Å². The van der Waals surface area contributed by atoms with Gasteiger partial charge in [-0.3, -0.25) is 0 Å². The molecule has 0 bridgehead atoms. The average molecular weight is 156 g/mol. The second kappa shape index (κ2) is 5.59. The number of hydrogen-bond acceptors (Lipinski definition) is 1. The average Bonchev–Trinajstić information content (AvgIpc) is 2.07. The summed E-state index contributed by atoms with van der Waals surface area (Å²) in [5.74, 6) is 0. The van der Waals surface area contributed by atoms with Crippen LogP contribution in [0.5, 0.6) is 0 Å². The van der Waals surface area contributed by atoms with Crippen molar-refractivity contribution in [3.05, 3.63) is 0 Å². The lowest BCUT2D eigenvalue weighted by Gasteiger charge is -2.22. The minimum absolute atomic E-state index is 0.607. The van der Waals surface area contributed by atoms with Crippen molar-refractivity contribution in [2.45, 2.75) is 58.0 Å². The van der Waals surface area contributed by atoms with Crippen LogP contribution in [0, 0.1) is 0 Å². The van der Waals surface area contributed by atoms with Crippen molar-refractivity contribution in [2.75, 3.05) is 6.61 Å². The quantitative estimate of drug-likeness (QED) is 0.568. The summed E-state index contributed by atoms with van der Waals surface area (Å²) in [4.78, 5) is 0. The minimum Gasteiger partial charge on any atom is -0.378 e. The van der Waals surface area contributed by atoms with Crippen LogP contribution in [0.25, 0.3) is 0 Å². The highest BCUT2D eigenvalue weighted by Gasteiger charge is 2.12. The van der Waals surface area contributed by atoms with Gasteiger partial charge in [0, 0.05) is 6.61 Å². The Labute approximate surface area is 70.1 Å². The van der Waals surface area contributed by atoms with E-state index in [1.807, 2.05) is 0 Å². The maximum absolute atomic E-state index is 5.62.